The predicted molar refractivity (Wildman–Crippen MR) is 93.8 cm³/mol. The van der Waals surface area contributed by atoms with Crippen molar-refractivity contribution in [2.45, 2.75) is 6.92 Å². The Balaban J connectivity index is 1.65. The number of aromatic amines is 1. The van der Waals surface area contributed by atoms with E-state index >= 15 is 0 Å². The molecule has 0 aliphatic heterocycles. The van der Waals surface area contributed by atoms with E-state index in [9.17, 15) is 4.79 Å². The van der Waals surface area contributed by atoms with E-state index in [0.29, 0.717) is 17.3 Å². The molecule has 2 N–H and O–H groups in total. The number of aromatic nitrogens is 2. The van der Waals surface area contributed by atoms with Crippen molar-refractivity contribution in [1.29, 1.82) is 0 Å². The number of rotatable bonds is 6. The van der Waals surface area contributed by atoms with Crippen molar-refractivity contribution >= 4 is 23.1 Å². The first-order chi connectivity index (χ1) is 11.7. The summed E-state index contributed by atoms with van der Waals surface area (Å²) in [6.45, 7) is 1.81. The Kier molecular flexibility index (Phi) is 4.81. The van der Waals surface area contributed by atoms with Crippen LogP contribution in [0, 0.1) is 6.92 Å². The fourth-order valence-corrected chi connectivity index (χ4v) is 3.08. The molecule has 2 heterocycles. The number of carbonyl (C=O) groups excluding carboxylic acids is 1. The van der Waals surface area contributed by atoms with Gasteiger partial charge in [-0.05, 0) is 30.5 Å². The van der Waals surface area contributed by atoms with Crippen LogP contribution in [-0.4, -0.2) is 29.8 Å². The fraction of sp³-hybridized carbons (Fsp3) is 0.176. The monoisotopic (exact) mass is 343 g/mol. The van der Waals surface area contributed by atoms with Crippen LogP contribution in [0.5, 0.6) is 11.5 Å². The summed E-state index contributed by atoms with van der Waals surface area (Å²) in [5.74, 6) is 1.48. The minimum atomic E-state index is -0.276. The Hall–Kier alpha value is -2.80. The van der Waals surface area contributed by atoms with Gasteiger partial charge in [-0.2, -0.15) is 5.10 Å². The van der Waals surface area contributed by atoms with Gasteiger partial charge >= 0.3 is 0 Å². The van der Waals surface area contributed by atoms with Crippen LogP contribution in [0.4, 0.5) is 5.82 Å². The number of nitrogens with one attached hydrogen (secondary N) is 2. The molecule has 1 aromatic carbocycles. The summed E-state index contributed by atoms with van der Waals surface area (Å²) >= 11 is 1.59. The summed E-state index contributed by atoms with van der Waals surface area (Å²) in [4.78, 5) is 13.2. The van der Waals surface area contributed by atoms with Gasteiger partial charge in [-0.15, -0.1) is 11.3 Å². The molecule has 124 valence electrons. The zero-order chi connectivity index (χ0) is 16.9. The molecule has 1 amide bonds. The van der Waals surface area contributed by atoms with Gasteiger partial charge in [0.2, 0.25) is 0 Å². The van der Waals surface area contributed by atoms with Gasteiger partial charge in [0.05, 0.1) is 12.7 Å². The summed E-state index contributed by atoms with van der Waals surface area (Å²) in [6, 6.07) is 11.1. The molecular formula is C17H17N3O3S. The average Bonchev–Trinajstić information content (AvgIpc) is 3.23. The van der Waals surface area contributed by atoms with Gasteiger partial charge in [-0.25, -0.2) is 0 Å². The molecule has 24 heavy (non-hydrogen) atoms. The average molecular weight is 343 g/mol. The second-order valence-electron chi connectivity index (χ2n) is 5.07. The molecule has 0 atom stereocenters. The molecular weight excluding hydrogens is 326 g/mol. The van der Waals surface area contributed by atoms with E-state index in [4.69, 9.17) is 9.47 Å². The molecule has 0 aliphatic carbocycles. The minimum absolute atomic E-state index is 0.108. The van der Waals surface area contributed by atoms with Crippen molar-refractivity contribution in [2.24, 2.45) is 0 Å². The lowest BCUT2D eigenvalue weighted by Gasteiger charge is -2.08. The molecule has 3 rings (SSSR count). The number of nitrogens with zero attached hydrogens (tertiary/aromatic N) is 1. The lowest BCUT2D eigenvalue weighted by molar-refractivity contribution is -0.118. The molecule has 0 saturated heterocycles. The summed E-state index contributed by atoms with van der Waals surface area (Å²) in [7, 11) is 1.58. The van der Waals surface area contributed by atoms with Gasteiger partial charge in [-0.1, -0.05) is 12.1 Å². The summed E-state index contributed by atoms with van der Waals surface area (Å²) in [6.07, 6.45) is 0. The Morgan fingerprint density at radius 3 is 2.88 bits per heavy atom. The molecule has 0 bridgehead atoms. The maximum atomic E-state index is 12.2. The molecule has 0 aliphatic rings. The molecule has 3 aromatic rings. The number of H-pyrrole nitrogens is 1. The van der Waals surface area contributed by atoms with Gasteiger partial charge in [0, 0.05) is 16.6 Å². The van der Waals surface area contributed by atoms with E-state index in [-0.39, 0.29) is 12.5 Å². The van der Waals surface area contributed by atoms with E-state index < -0.39 is 0 Å². The van der Waals surface area contributed by atoms with Crippen LogP contribution in [0.2, 0.25) is 0 Å². The van der Waals surface area contributed by atoms with Crippen molar-refractivity contribution in [3.63, 3.8) is 0 Å². The number of amides is 1. The van der Waals surface area contributed by atoms with E-state index in [2.05, 4.69) is 15.5 Å². The van der Waals surface area contributed by atoms with E-state index in [0.717, 1.165) is 16.1 Å². The molecule has 0 spiro atoms. The van der Waals surface area contributed by atoms with Crippen LogP contribution < -0.4 is 14.8 Å². The Bertz CT molecular complexity index is 827. The largest absolute Gasteiger partial charge is 0.497 e. The third kappa shape index (κ3) is 3.57. The second kappa shape index (κ2) is 7.18. The van der Waals surface area contributed by atoms with Gasteiger partial charge in [0.1, 0.15) is 11.5 Å². The molecule has 0 unspecified atom stereocenters. The highest BCUT2D eigenvalue weighted by molar-refractivity contribution is 7.13. The van der Waals surface area contributed by atoms with Crippen LogP contribution in [0.1, 0.15) is 5.69 Å². The van der Waals surface area contributed by atoms with Crippen LogP contribution in [0.15, 0.2) is 41.8 Å². The lowest BCUT2D eigenvalue weighted by Crippen LogP contribution is -2.20. The Labute approximate surface area is 143 Å². The van der Waals surface area contributed by atoms with Crippen LogP contribution >= 0.6 is 11.3 Å². The minimum Gasteiger partial charge on any atom is -0.497 e. The number of anilines is 1. The predicted octanol–water partition coefficient (Wildman–Crippen LogP) is 3.47. The van der Waals surface area contributed by atoms with Crippen molar-refractivity contribution in [3.8, 4) is 21.9 Å². The number of hydrogen-bond donors (Lipinski definition) is 2. The normalized spacial score (nSPS) is 10.4. The highest BCUT2D eigenvalue weighted by Crippen LogP contribution is 2.32. The number of aryl methyl sites for hydroxylation is 1. The quantitative estimate of drug-likeness (QED) is 0.718. The van der Waals surface area contributed by atoms with E-state index in [1.54, 1.807) is 36.6 Å². The molecule has 0 saturated carbocycles. The first-order valence-electron chi connectivity index (χ1n) is 7.33. The highest BCUT2D eigenvalue weighted by Gasteiger charge is 2.16. The van der Waals surface area contributed by atoms with Gasteiger partial charge < -0.3 is 14.8 Å². The van der Waals surface area contributed by atoms with E-state index in [1.807, 2.05) is 30.5 Å². The second-order valence-corrected chi connectivity index (χ2v) is 6.01. The van der Waals surface area contributed by atoms with E-state index in [1.165, 1.54) is 0 Å². The van der Waals surface area contributed by atoms with Crippen LogP contribution in [0.3, 0.4) is 0 Å². The summed E-state index contributed by atoms with van der Waals surface area (Å²) in [5, 5.41) is 11.8. The van der Waals surface area contributed by atoms with Crippen molar-refractivity contribution in [1.82, 2.24) is 10.2 Å². The lowest BCUT2D eigenvalue weighted by atomic mass is 10.2. The third-order valence-electron chi connectivity index (χ3n) is 3.38. The maximum absolute atomic E-state index is 12.2. The Morgan fingerprint density at radius 2 is 2.12 bits per heavy atom. The third-order valence-corrected chi connectivity index (χ3v) is 4.27. The molecule has 7 heteroatoms. The first-order valence-corrected chi connectivity index (χ1v) is 8.21. The SMILES string of the molecule is COc1cccc(OCC(=O)Nc2n[nH]c(C)c2-c2cccs2)c1. The number of thiophene rings is 1. The molecule has 0 radical (unpaired) electrons. The summed E-state index contributed by atoms with van der Waals surface area (Å²) < 4.78 is 10.6. The molecule has 6 nitrogen and oxygen atoms in total. The topological polar surface area (TPSA) is 76.2 Å². The van der Waals surface area contributed by atoms with Crippen molar-refractivity contribution < 1.29 is 14.3 Å². The van der Waals surface area contributed by atoms with Crippen molar-refractivity contribution in [3.05, 3.63) is 47.5 Å². The number of hydrogen-bond acceptors (Lipinski definition) is 5. The highest BCUT2D eigenvalue weighted by atomic mass is 32.1. The number of carbonyl (C=O) groups is 1. The smallest absolute Gasteiger partial charge is 0.263 e. The standard InChI is InChI=1S/C17H17N3O3S/c1-11-16(14-7-4-8-24-14)17(20-19-11)18-15(21)10-23-13-6-3-5-12(9-13)22-2/h3-9H,10H2,1-2H3,(H2,18,19,20,21). The van der Waals surface area contributed by atoms with Crippen molar-refractivity contribution in [2.75, 3.05) is 19.0 Å². The molecule has 0 fully saturated rings. The molecule has 2 aromatic heterocycles. The zero-order valence-corrected chi connectivity index (χ0v) is 14.1. The van der Waals surface area contributed by atoms with Gasteiger partial charge in [0.15, 0.2) is 12.4 Å². The zero-order valence-electron chi connectivity index (χ0n) is 13.3. The number of ether oxygens (including phenoxy) is 2. The van der Waals surface area contributed by atoms with Crippen LogP contribution in [0.25, 0.3) is 10.4 Å². The van der Waals surface area contributed by atoms with Gasteiger partial charge in [0.25, 0.3) is 5.91 Å². The fourth-order valence-electron chi connectivity index (χ4n) is 2.25. The van der Waals surface area contributed by atoms with Crippen LogP contribution in [-0.2, 0) is 4.79 Å². The summed E-state index contributed by atoms with van der Waals surface area (Å²) in [5.41, 5.74) is 1.81. The van der Waals surface area contributed by atoms with Gasteiger partial charge in [-0.3, -0.25) is 9.89 Å². The first kappa shape index (κ1) is 16.1. The number of methoxy groups -OCH3 is 1. The maximum Gasteiger partial charge on any atom is 0.263 e. The number of benzene rings is 1. The Morgan fingerprint density at radius 1 is 1.29 bits per heavy atom.